The first kappa shape index (κ1) is 21.0. The molecule has 0 aliphatic rings. The summed E-state index contributed by atoms with van der Waals surface area (Å²) >= 11 is 0. The number of ketones is 1. The van der Waals surface area contributed by atoms with Gasteiger partial charge in [0.15, 0.2) is 5.78 Å². The van der Waals surface area contributed by atoms with Crippen molar-refractivity contribution >= 4 is 40.1 Å². The van der Waals surface area contributed by atoms with Gasteiger partial charge in [0.25, 0.3) is 5.91 Å². The van der Waals surface area contributed by atoms with Gasteiger partial charge in [-0.15, -0.1) is 0 Å². The third-order valence-electron chi connectivity index (χ3n) is 5.32. The number of carbonyl (C=O) groups is 2. The number of nitrogens with zero attached hydrogens (tertiary/aromatic N) is 1. The third kappa shape index (κ3) is 4.27. The zero-order valence-electron chi connectivity index (χ0n) is 17.8. The molecule has 0 aliphatic carbocycles. The lowest BCUT2D eigenvalue weighted by Gasteiger charge is -2.13. The highest BCUT2D eigenvalue weighted by Crippen LogP contribution is 2.31. The van der Waals surface area contributed by atoms with Crippen LogP contribution in [0.4, 0.5) is 11.4 Å². The maximum atomic E-state index is 13.0. The maximum Gasteiger partial charge on any atom is 0.259 e. The molecule has 0 aromatic heterocycles. The zero-order valence-corrected chi connectivity index (χ0v) is 17.8. The number of benzene rings is 4. The summed E-state index contributed by atoms with van der Waals surface area (Å²) in [4.78, 5) is 28.9. The highest BCUT2D eigenvalue weighted by molar-refractivity contribution is 6.13. The van der Waals surface area contributed by atoms with Crippen molar-refractivity contribution in [1.82, 2.24) is 0 Å². The van der Waals surface area contributed by atoms with Gasteiger partial charge in [0, 0.05) is 23.0 Å². The van der Waals surface area contributed by atoms with E-state index in [1.165, 1.54) is 6.92 Å². The molecule has 4 aromatic carbocycles. The van der Waals surface area contributed by atoms with E-state index in [-0.39, 0.29) is 17.1 Å². The molecule has 158 valence electrons. The maximum absolute atomic E-state index is 13.0. The monoisotopic (exact) mass is 422 g/mol. The highest BCUT2D eigenvalue weighted by Gasteiger charge is 2.18. The van der Waals surface area contributed by atoms with Crippen molar-refractivity contribution in [2.24, 2.45) is 4.99 Å². The van der Waals surface area contributed by atoms with Crippen molar-refractivity contribution in [2.45, 2.75) is 13.8 Å². The Labute approximate surface area is 186 Å². The van der Waals surface area contributed by atoms with Crippen LogP contribution >= 0.6 is 0 Å². The second-order valence-electron chi connectivity index (χ2n) is 7.54. The Morgan fingerprint density at radius 2 is 1.62 bits per heavy atom. The van der Waals surface area contributed by atoms with Gasteiger partial charge < -0.3 is 10.4 Å². The van der Waals surface area contributed by atoms with Gasteiger partial charge >= 0.3 is 0 Å². The summed E-state index contributed by atoms with van der Waals surface area (Å²) in [5.41, 5.74) is 3.47. The average molecular weight is 422 g/mol. The van der Waals surface area contributed by atoms with E-state index < -0.39 is 5.91 Å². The number of phenols is 1. The fourth-order valence-electron chi connectivity index (χ4n) is 3.49. The summed E-state index contributed by atoms with van der Waals surface area (Å²) in [6.07, 6.45) is 1.55. The number of rotatable bonds is 5. The van der Waals surface area contributed by atoms with E-state index in [4.69, 9.17) is 0 Å². The SMILES string of the molecule is CC(=O)c1ccc(N=Cc2c(O)c(C(=O)Nc3ccccc3C)cc3ccccc23)cc1. The quantitative estimate of drug-likeness (QED) is 0.303. The normalized spacial score (nSPS) is 11.1. The van der Waals surface area contributed by atoms with E-state index in [2.05, 4.69) is 10.3 Å². The molecule has 0 saturated carbocycles. The van der Waals surface area contributed by atoms with Crippen molar-refractivity contribution in [1.29, 1.82) is 0 Å². The van der Waals surface area contributed by atoms with Gasteiger partial charge in [-0.05, 0) is 66.6 Å². The molecule has 0 fully saturated rings. The molecule has 4 rings (SSSR count). The second-order valence-corrected chi connectivity index (χ2v) is 7.54. The lowest BCUT2D eigenvalue weighted by atomic mass is 9.99. The van der Waals surface area contributed by atoms with Crippen LogP contribution in [0.15, 0.2) is 83.9 Å². The molecule has 1 amide bonds. The Morgan fingerprint density at radius 3 is 2.34 bits per heavy atom. The van der Waals surface area contributed by atoms with Crippen LogP contribution in [0.1, 0.15) is 38.8 Å². The summed E-state index contributed by atoms with van der Waals surface area (Å²) < 4.78 is 0. The molecule has 0 saturated heterocycles. The van der Waals surface area contributed by atoms with Gasteiger partial charge in [0.05, 0.1) is 11.3 Å². The number of hydrogen-bond acceptors (Lipinski definition) is 4. The number of amides is 1. The third-order valence-corrected chi connectivity index (χ3v) is 5.32. The minimum absolute atomic E-state index is 0.0171. The van der Waals surface area contributed by atoms with Crippen LogP contribution in [0.5, 0.6) is 5.75 Å². The number of phenolic OH excluding ortho intramolecular Hbond substituents is 1. The standard InChI is InChI=1S/C27H22N2O3/c1-17-7-3-6-10-25(17)29-27(32)23-15-20-8-4-5-9-22(20)24(26(23)31)16-28-21-13-11-19(12-14-21)18(2)30/h3-16,31H,1-2H3,(H,29,32). The summed E-state index contributed by atoms with van der Waals surface area (Å²) in [5, 5.41) is 15.5. The van der Waals surface area contributed by atoms with Crippen LogP contribution < -0.4 is 5.32 Å². The number of fused-ring (bicyclic) bond motifs is 1. The first-order valence-electron chi connectivity index (χ1n) is 10.2. The van der Waals surface area contributed by atoms with Crippen molar-refractivity contribution in [3.8, 4) is 5.75 Å². The number of anilines is 1. The highest BCUT2D eigenvalue weighted by atomic mass is 16.3. The smallest absolute Gasteiger partial charge is 0.259 e. The number of carbonyl (C=O) groups excluding carboxylic acids is 2. The van der Waals surface area contributed by atoms with Crippen LogP contribution in [0.3, 0.4) is 0 Å². The minimum Gasteiger partial charge on any atom is -0.506 e. The number of nitrogens with one attached hydrogen (secondary N) is 1. The Morgan fingerprint density at radius 1 is 0.938 bits per heavy atom. The number of aliphatic imine (C=N–C) groups is 1. The van der Waals surface area contributed by atoms with Crippen LogP contribution in [-0.4, -0.2) is 23.0 Å². The molecule has 0 heterocycles. The molecule has 32 heavy (non-hydrogen) atoms. The number of hydrogen-bond donors (Lipinski definition) is 2. The fourth-order valence-corrected chi connectivity index (χ4v) is 3.49. The number of Topliss-reactive ketones (excluding diaryl/α,β-unsaturated/α-hetero) is 1. The van der Waals surface area contributed by atoms with Crippen molar-refractivity contribution in [2.75, 3.05) is 5.32 Å². The Balaban J connectivity index is 1.75. The Kier molecular flexibility index (Phi) is 5.81. The molecule has 0 unspecified atom stereocenters. The molecule has 4 aromatic rings. The van der Waals surface area contributed by atoms with Gasteiger partial charge in [0.2, 0.25) is 0 Å². The lowest BCUT2D eigenvalue weighted by Crippen LogP contribution is -2.13. The van der Waals surface area contributed by atoms with E-state index in [1.807, 2.05) is 55.5 Å². The molecule has 5 heteroatoms. The van der Waals surface area contributed by atoms with Crippen LogP contribution in [-0.2, 0) is 0 Å². The molecule has 2 N–H and O–H groups in total. The van der Waals surface area contributed by atoms with Gasteiger partial charge in [-0.2, -0.15) is 0 Å². The second kappa shape index (κ2) is 8.86. The minimum atomic E-state index is -0.400. The van der Waals surface area contributed by atoms with E-state index >= 15 is 0 Å². The molecule has 0 spiro atoms. The van der Waals surface area contributed by atoms with Gasteiger partial charge in [-0.3, -0.25) is 14.6 Å². The van der Waals surface area contributed by atoms with E-state index in [9.17, 15) is 14.7 Å². The van der Waals surface area contributed by atoms with E-state index in [1.54, 1.807) is 36.5 Å². The van der Waals surface area contributed by atoms with Gasteiger partial charge in [-0.1, -0.05) is 42.5 Å². The number of aromatic hydroxyl groups is 1. The fraction of sp³-hybridized carbons (Fsp3) is 0.0741. The summed E-state index contributed by atoms with van der Waals surface area (Å²) in [6, 6.07) is 23.5. The van der Waals surface area contributed by atoms with Crippen LogP contribution in [0.2, 0.25) is 0 Å². The largest absolute Gasteiger partial charge is 0.506 e. The molecular weight excluding hydrogens is 400 g/mol. The Hall–Kier alpha value is -4.25. The summed E-state index contributed by atoms with van der Waals surface area (Å²) in [5.74, 6) is -0.557. The van der Waals surface area contributed by atoms with Crippen LogP contribution in [0.25, 0.3) is 10.8 Å². The number of para-hydroxylation sites is 1. The lowest BCUT2D eigenvalue weighted by molar-refractivity contribution is 0.101. The molecule has 0 aliphatic heterocycles. The molecule has 0 bridgehead atoms. The predicted octanol–water partition coefficient (Wildman–Crippen LogP) is 6.06. The van der Waals surface area contributed by atoms with Crippen molar-refractivity contribution in [3.05, 3.63) is 101 Å². The van der Waals surface area contributed by atoms with Crippen LogP contribution in [0, 0.1) is 6.92 Å². The molecule has 5 nitrogen and oxygen atoms in total. The topological polar surface area (TPSA) is 78.8 Å². The molecule has 0 radical (unpaired) electrons. The van der Waals surface area contributed by atoms with Crippen molar-refractivity contribution in [3.63, 3.8) is 0 Å². The van der Waals surface area contributed by atoms with Gasteiger partial charge in [-0.25, -0.2) is 0 Å². The molecular formula is C27H22N2O3. The van der Waals surface area contributed by atoms with Gasteiger partial charge in [0.1, 0.15) is 5.75 Å². The average Bonchev–Trinajstić information content (AvgIpc) is 2.80. The predicted molar refractivity (Wildman–Crippen MR) is 128 cm³/mol. The Bertz CT molecular complexity index is 1360. The van der Waals surface area contributed by atoms with E-state index in [0.717, 1.165) is 16.3 Å². The zero-order chi connectivity index (χ0) is 22.7. The summed E-state index contributed by atoms with van der Waals surface area (Å²) in [7, 11) is 0. The van der Waals surface area contributed by atoms with E-state index in [0.29, 0.717) is 22.5 Å². The number of aryl methyl sites for hydroxylation is 1. The molecule has 0 atom stereocenters. The first-order chi connectivity index (χ1) is 15.4. The first-order valence-corrected chi connectivity index (χ1v) is 10.2. The summed E-state index contributed by atoms with van der Waals surface area (Å²) in [6.45, 7) is 3.42. The van der Waals surface area contributed by atoms with Crippen molar-refractivity contribution < 1.29 is 14.7 Å².